The molecule has 32 heavy (non-hydrogen) atoms. The zero-order valence-electron chi connectivity index (χ0n) is 19.0. The number of methoxy groups -OCH3 is 1. The molecular formula is C23H34N2O6S. The van der Waals surface area contributed by atoms with Gasteiger partial charge in [0.05, 0.1) is 24.5 Å². The van der Waals surface area contributed by atoms with Crippen molar-refractivity contribution in [2.24, 2.45) is 5.92 Å². The first kappa shape index (κ1) is 24.5. The number of nitrogens with zero attached hydrogens (tertiary/aromatic N) is 2. The molecule has 1 aromatic rings. The van der Waals surface area contributed by atoms with E-state index in [9.17, 15) is 18.0 Å². The average Bonchev–Trinajstić information content (AvgIpc) is 2.83. The number of ether oxygens (including phenoxy) is 2. The summed E-state index contributed by atoms with van der Waals surface area (Å²) in [5, 5.41) is 0. The van der Waals surface area contributed by atoms with Crippen molar-refractivity contribution in [1.82, 2.24) is 9.21 Å². The van der Waals surface area contributed by atoms with E-state index in [2.05, 4.69) is 0 Å². The summed E-state index contributed by atoms with van der Waals surface area (Å²) < 4.78 is 38.1. The molecular weight excluding hydrogens is 432 g/mol. The molecule has 0 N–H and O–H groups in total. The second kappa shape index (κ2) is 11.1. The smallest absolute Gasteiger partial charge is 0.309 e. The SMILES string of the molecule is CCOC(=O)C1CCN(C(=O)CCc2cc(S(=O)(=O)N3CCCCC3)ccc2OC)CC1. The summed E-state index contributed by atoms with van der Waals surface area (Å²) in [5.74, 6) is 0.252. The summed E-state index contributed by atoms with van der Waals surface area (Å²) >= 11 is 0. The van der Waals surface area contributed by atoms with Gasteiger partial charge in [-0.05, 0) is 62.8 Å². The topological polar surface area (TPSA) is 93.2 Å². The number of piperidine rings is 2. The summed E-state index contributed by atoms with van der Waals surface area (Å²) in [7, 11) is -2.01. The highest BCUT2D eigenvalue weighted by molar-refractivity contribution is 7.89. The quantitative estimate of drug-likeness (QED) is 0.547. The number of hydrogen-bond acceptors (Lipinski definition) is 6. The lowest BCUT2D eigenvalue weighted by molar-refractivity contribution is -0.151. The van der Waals surface area contributed by atoms with Crippen LogP contribution in [0.3, 0.4) is 0 Å². The number of esters is 1. The molecule has 2 aliphatic rings. The number of rotatable bonds is 8. The van der Waals surface area contributed by atoms with E-state index in [4.69, 9.17) is 9.47 Å². The lowest BCUT2D eigenvalue weighted by atomic mass is 9.96. The number of amides is 1. The summed E-state index contributed by atoms with van der Waals surface area (Å²) in [5.41, 5.74) is 0.709. The van der Waals surface area contributed by atoms with Crippen molar-refractivity contribution >= 4 is 21.9 Å². The van der Waals surface area contributed by atoms with Crippen LogP contribution in [-0.2, 0) is 30.8 Å². The number of benzene rings is 1. The highest BCUT2D eigenvalue weighted by Gasteiger charge is 2.29. The molecule has 1 amide bonds. The van der Waals surface area contributed by atoms with Crippen molar-refractivity contribution in [2.45, 2.75) is 56.8 Å². The van der Waals surface area contributed by atoms with Gasteiger partial charge in [-0.1, -0.05) is 6.42 Å². The fourth-order valence-electron chi connectivity index (χ4n) is 4.39. The third-order valence-electron chi connectivity index (χ3n) is 6.28. The molecule has 0 bridgehead atoms. The van der Waals surface area contributed by atoms with Crippen LogP contribution in [0.15, 0.2) is 23.1 Å². The molecule has 0 atom stereocenters. The zero-order valence-corrected chi connectivity index (χ0v) is 19.9. The third kappa shape index (κ3) is 5.81. The van der Waals surface area contributed by atoms with E-state index in [1.54, 1.807) is 41.4 Å². The number of carbonyl (C=O) groups excluding carboxylic acids is 2. The van der Waals surface area contributed by atoms with E-state index in [1.807, 2.05) is 0 Å². The minimum atomic E-state index is -3.55. The lowest BCUT2D eigenvalue weighted by Gasteiger charge is -2.31. The Morgan fingerprint density at radius 2 is 1.75 bits per heavy atom. The van der Waals surface area contributed by atoms with E-state index in [-0.39, 0.29) is 29.1 Å². The molecule has 0 radical (unpaired) electrons. The molecule has 0 aliphatic carbocycles. The maximum atomic E-state index is 13.0. The highest BCUT2D eigenvalue weighted by Crippen LogP contribution is 2.28. The van der Waals surface area contributed by atoms with Crippen LogP contribution in [0, 0.1) is 5.92 Å². The largest absolute Gasteiger partial charge is 0.496 e. The van der Waals surface area contributed by atoms with Crippen molar-refractivity contribution in [3.63, 3.8) is 0 Å². The van der Waals surface area contributed by atoms with Gasteiger partial charge in [0.1, 0.15) is 5.75 Å². The Kier molecular flexibility index (Phi) is 8.53. The van der Waals surface area contributed by atoms with Crippen molar-refractivity contribution in [2.75, 3.05) is 39.9 Å². The van der Waals surface area contributed by atoms with Gasteiger partial charge in [-0.25, -0.2) is 8.42 Å². The van der Waals surface area contributed by atoms with Gasteiger partial charge in [-0.3, -0.25) is 9.59 Å². The number of aryl methyl sites for hydroxylation is 1. The van der Waals surface area contributed by atoms with Crippen molar-refractivity contribution in [1.29, 1.82) is 0 Å². The first-order valence-corrected chi connectivity index (χ1v) is 12.9. The van der Waals surface area contributed by atoms with Crippen LogP contribution in [-0.4, -0.2) is 69.4 Å². The number of hydrogen-bond donors (Lipinski definition) is 0. The van der Waals surface area contributed by atoms with Gasteiger partial charge in [-0.2, -0.15) is 4.31 Å². The average molecular weight is 467 g/mol. The fraction of sp³-hybridized carbons (Fsp3) is 0.652. The van der Waals surface area contributed by atoms with Crippen LogP contribution in [0.5, 0.6) is 5.75 Å². The van der Waals surface area contributed by atoms with Crippen LogP contribution >= 0.6 is 0 Å². The molecule has 178 valence electrons. The molecule has 0 aromatic heterocycles. The molecule has 2 saturated heterocycles. The Morgan fingerprint density at radius 1 is 1.06 bits per heavy atom. The summed E-state index contributed by atoms with van der Waals surface area (Å²) in [6.07, 6.45) is 4.68. The molecule has 3 rings (SSSR count). The molecule has 8 nitrogen and oxygen atoms in total. The van der Waals surface area contributed by atoms with E-state index in [1.165, 1.54) is 0 Å². The lowest BCUT2D eigenvalue weighted by Crippen LogP contribution is -2.40. The van der Waals surface area contributed by atoms with E-state index < -0.39 is 10.0 Å². The minimum absolute atomic E-state index is 0.00125. The van der Waals surface area contributed by atoms with Crippen LogP contribution in [0.1, 0.15) is 51.0 Å². The maximum absolute atomic E-state index is 13.0. The Labute approximate surface area is 190 Å². The summed E-state index contributed by atoms with van der Waals surface area (Å²) in [4.78, 5) is 26.7. The second-order valence-corrected chi connectivity index (χ2v) is 10.3. The number of likely N-dealkylation sites (tertiary alicyclic amines) is 1. The predicted molar refractivity (Wildman–Crippen MR) is 120 cm³/mol. The van der Waals surface area contributed by atoms with Crippen molar-refractivity contribution in [3.05, 3.63) is 23.8 Å². The molecule has 2 aliphatic heterocycles. The maximum Gasteiger partial charge on any atom is 0.309 e. The van der Waals surface area contributed by atoms with E-state index in [0.717, 1.165) is 19.3 Å². The first-order valence-electron chi connectivity index (χ1n) is 11.5. The molecule has 0 unspecified atom stereocenters. The standard InChI is InChI=1S/C23H34N2O6S/c1-3-31-23(27)18-11-15-24(16-12-18)22(26)10-7-19-17-20(8-9-21(19)30-2)32(28,29)25-13-5-4-6-14-25/h8-9,17-18H,3-7,10-16H2,1-2H3. The highest BCUT2D eigenvalue weighted by atomic mass is 32.2. The zero-order chi connectivity index (χ0) is 23.1. The van der Waals surface area contributed by atoms with E-state index >= 15 is 0 Å². The Morgan fingerprint density at radius 3 is 2.38 bits per heavy atom. The van der Waals surface area contributed by atoms with Crippen molar-refractivity contribution in [3.8, 4) is 5.75 Å². The molecule has 2 heterocycles. The van der Waals surface area contributed by atoms with Gasteiger partial charge >= 0.3 is 5.97 Å². The molecule has 2 fully saturated rings. The van der Waals surface area contributed by atoms with Gasteiger partial charge in [-0.15, -0.1) is 0 Å². The monoisotopic (exact) mass is 466 g/mol. The molecule has 1 aromatic carbocycles. The Balaban J connectivity index is 1.62. The van der Waals surface area contributed by atoms with Gasteiger partial charge in [0.15, 0.2) is 0 Å². The normalized spacial score (nSPS) is 18.4. The summed E-state index contributed by atoms with van der Waals surface area (Å²) in [6, 6.07) is 4.89. The van der Waals surface area contributed by atoms with Gasteiger partial charge in [0.25, 0.3) is 0 Å². The van der Waals surface area contributed by atoms with Gasteiger partial charge < -0.3 is 14.4 Å². The number of sulfonamides is 1. The fourth-order valence-corrected chi connectivity index (χ4v) is 5.96. The Bertz CT molecular complexity index is 903. The van der Waals surface area contributed by atoms with Gasteiger partial charge in [0, 0.05) is 32.6 Å². The van der Waals surface area contributed by atoms with Gasteiger partial charge in [0.2, 0.25) is 15.9 Å². The molecule has 9 heteroatoms. The third-order valence-corrected chi connectivity index (χ3v) is 8.18. The van der Waals surface area contributed by atoms with Crippen LogP contribution < -0.4 is 4.74 Å². The summed E-state index contributed by atoms with van der Waals surface area (Å²) in [6.45, 7) is 4.31. The van der Waals surface area contributed by atoms with Crippen LogP contribution in [0.25, 0.3) is 0 Å². The second-order valence-electron chi connectivity index (χ2n) is 8.35. The molecule has 0 spiro atoms. The van der Waals surface area contributed by atoms with Crippen LogP contribution in [0.2, 0.25) is 0 Å². The Hall–Kier alpha value is -2.13. The first-order chi connectivity index (χ1) is 15.4. The van der Waals surface area contributed by atoms with Crippen molar-refractivity contribution < 1.29 is 27.5 Å². The predicted octanol–water partition coefficient (Wildman–Crippen LogP) is 2.60. The number of carbonyl (C=O) groups is 2. The van der Waals surface area contributed by atoms with E-state index in [0.29, 0.717) is 63.4 Å². The molecule has 0 saturated carbocycles. The minimum Gasteiger partial charge on any atom is -0.496 e. The van der Waals surface area contributed by atoms with Crippen LogP contribution in [0.4, 0.5) is 0 Å².